The average Bonchev–Trinajstić information content (AvgIpc) is 3.30. The highest BCUT2D eigenvalue weighted by Crippen LogP contribution is 2.21. The molecule has 7 nitrogen and oxygen atoms in total. The highest BCUT2D eigenvalue weighted by atomic mass is 16.5. The van der Waals surface area contributed by atoms with Crippen molar-refractivity contribution in [2.45, 2.75) is 33.3 Å². The van der Waals surface area contributed by atoms with Gasteiger partial charge in [0.05, 0.1) is 12.1 Å². The second-order valence-electron chi connectivity index (χ2n) is 6.08. The third-order valence-electron chi connectivity index (χ3n) is 4.06. The number of fused-ring (bicyclic) bond motifs is 1. The van der Waals surface area contributed by atoms with Crippen molar-refractivity contribution >= 4 is 10.9 Å². The second-order valence-corrected chi connectivity index (χ2v) is 6.08. The van der Waals surface area contributed by atoms with Crippen molar-refractivity contribution in [3.8, 4) is 11.5 Å². The second kappa shape index (κ2) is 10.8. The number of hydrogen-bond donors (Lipinski definition) is 1. The monoisotopic (exact) mass is 391 g/mol. The Kier molecular flexibility index (Phi) is 7.51. The van der Waals surface area contributed by atoms with E-state index in [0.29, 0.717) is 19.0 Å². The minimum atomic E-state index is 0.457. The van der Waals surface area contributed by atoms with Crippen LogP contribution in [0.4, 0.5) is 0 Å². The molecule has 2 heterocycles. The topological polar surface area (TPSA) is 85.8 Å². The van der Waals surface area contributed by atoms with Gasteiger partial charge < -0.3 is 9.47 Å². The molecule has 4 aromatic rings. The van der Waals surface area contributed by atoms with Crippen LogP contribution in [0.2, 0.25) is 0 Å². The normalized spacial score (nSPS) is 10.3. The van der Waals surface area contributed by atoms with Crippen LogP contribution < -0.4 is 9.47 Å². The zero-order valence-electron chi connectivity index (χ0n) is 16.7. The lowest BCUT2D eigenvalue weighted by atomic mass is 10.2. The van der Waals surface area contributed by atoms with Gasteiger partial charge >= 0.3 is 0 Å². The summed E-state index contributed by atoms with van der Waals surface area (Å²) in [6, 6.07) is 17.8. The van der Waals surface area contributed by atoms with Gasteiger partial charge in [-0.1, -0.05) is 43.3 Å². The lowest BCUT2D eigenvalue weighted by molar-refractivity contribution is 0.292. The summed E-state index contributed by atoms with van der Waals surface area (Å²) >= 11 is 0. The van der Waals surface area contributed by atoms with E-state index in [2.05, 4.69) is 37.7 Å². The molecule has 150 valence electrons. The van der Waals surface area contributed by atoms with Crippen LogP contribution in [-0.4, -0.2) is 32.2 Å². The standard InChI is InChI=1S/C20H19N5O2.C2H6/c1-2-8-19-16(5-1)11-15(13-21-19)14-27-18-7-3-6-17(12-18)26-10-4-9-20-22-24-25-23-20;1-2/h1-3,5-8,11-13H,4,9-10,14H2,(H,22,23,24,25);1-2H3. The van der Waals surface area contributed by atoms with Gasteiger partial charge in [-0.15, -0.1) is 10.2 Å². The fourth-order valence-corrected chi connectivity index (χ4v) is 2.72. The van der Waals surface area contributed by atoms with Crippen molar-refractivity contribution in [1.29, 1.82) is 0 Å². The van der Waals surface area contributed by atoms with Crippen LogP contribution in [0.3, 0.4) is 0 Å². The lowest BCUT2D eigenvalue weighted by Gasteiger charge is -2.10. The molecule has 0 fully saturated rings. The number of benzene rings is 2. The Morgan fingerprint density at radius 2 is 1.76 bits per heavy atom. The Morgan fingerprint density at radius 1 is 0.931 bits per heavy atom. The summed E-state index contributed by atoms with van der Waals surface area (Å²) in [5, 5.41) is 14.9. The number of hydrogen-bond acceptors (Lipinski definition) is 6. The van der Waals surface area contributed by atoms with E-state index in [1.165, 1.54) is 0 Å². The Labute approximate surface area is 170 Å². The summed E-state index contributed by atoms with van der Waals surface area (Å²) in [4.78, 5) is 4.46. The van der Waals surface area contributed by atoms with Crippen molar-refractivity contribution in [3.05, 3.63) is 72.2 Å². The number of aryl methyl sites for hydroxylation is 1. The smallest absolute Gasteiger partial charge is 0.174 e. The molecule has 0 radical (unpaired) electrons. The van der Waals surface area contributed by atoms with E-state index in [1.807, 2.05) is 62.5 Å². The maximum atomic E-state index is 5.89. The fraction of sp³-hybridized carbons (Fsp3) is 0.273. The molecule has 4 rings (SSSR count). The van der Waals surface area contributed by atoms with Crippen LogP contribution in [0.5, 0.6) is 11.5 Å². The summed E-state index contributed by atoms with van der Waals surface area (Å²) in [5.41, 5.74) is 2.01. The van der Waals surface area contributed by atoms with Gasteiger partial charge in [0.1, 0.15) is 18.1 Å². The van der Waals surface area contributed by atoms with Gasteiger partial charge in [0.15, 0.2) is 5.82 Å². The molecule has 2 aromatic carbocycles. The molecule has 0 atom stereocenters. The number of para-hydroxylation sites is 1. The largest absolute Gasteiger partial charge is 0.493 e. The summed E-state index contributed by atoms with van der Waals surface area (Å²) < 4.78 is 11.7. The van der Waals surface area contributed by atoms with Crippen molar-refractivity contribution < 1.29 is 9.47 Å². The minimum Gasteiger partial charge on any atom is -0.493 e. The van der Waals surface area contributed by atoms with Crippen molar-refractivity contribution in [1.82, 2.24) is 25.6 Å². The molecule has 0 aliphatic carbocycles. The van der Waals surface area contributed by atoms with Crippen LogP contribution in [-0.2, 0) is 13.0 Å². The van der Waals surface area contributed by atoms with Crippen molar-refractivity contribution in [2.75, 3.05) is 6.61 Å². The van der Waals surface area contributed by atoms with Gasteiger partial charge in [0.25, 0.3) is 0 Å². The van der Waals surface area contributed by atoms with E-state index in [-0.39, 0.29) is 0 Å². The number of nitrogens with one attached hydrogen (secondary N) is 1. The molecule has 29 heavy (non-hydrogen) atoms. The first-order valence-corrected chi connectivity index (χ1v) is 9.78. The number of ether oxygens (including phenoxy) is 2. The molecule has 7 heteroatoms. The number of nitrogens with zero attached hydrogens (tertiary/aromatic N) is 4. The quantitative estimate of drug-likeness (QED) is 0.449. The van der Waals surface area contributed by atoms with Crippen LogP contribution in [0.25, 0.3) is 10.9 Å². The molecule has 0 amide bonds. The van der Waals surface area contributed by atoms with E-state index in [1.54, 1.807) is 0 Å². The zero-order chi connectivity index (χ0) is 20.3. The molecule has 0 spiro atoms. The number of tetrazole rings is 1. The van der Waals surface area contributed by atoms with Crippen LogP contribution in [0.15, 0.2) is 60.8 Å². The van der Waals surface area contributed by atoms with E-state index in [0.717, 1.165) is 40.8 Å². The Bertz CT molecular complexity index is 1000. The maximum absolute atomic E-state index is 5.89. The van der Waals surface area contributed by atoms with E-state index < -0.39 is 0 Å². The van der Waals surface area contributed by atoms with Crippen LogP contribution in [0.1, 0.15) is 31.7 Å². The number of rotatable bonds is 8. The number of H-pyrrole nitrogens is 1. The molecule has 0 aliphatic heterocycles. The molecule has 0 saturated heterocycles. The Morgan fingerprint density at radius 3 is 2.59 bits per heavy atom. The highest BCUT2D eigenvalue weighted by Gasteiger charge is 2.02. The molecule has 1 N–H and O–H groups in total. The number of aromatic amines is 1. The fourth-order valence-electron chi connectivity index (χ4n) is 2.72. The summed E-state index contributed by atoms with van der Waals surface area (Å²) in [5.74, 6) is 2.23. The third kappa shape index (κ3) is 6.00. The molecule has 2 aromatic heterocycles. The molecular weight excluding hydrogens is 366 g/mol. The van der Waals surface area contributed by atoms with Crippen molar-refractivity contribution in [2.24, 2.45) is 0 Å². The van der Waals surface area contributed by atoms with Gasteiger partial charge in [-0.3, -0.25) is 4.98 Å². The van der Waals surface area contributed by atoms with E-state index in [4.69, 9.17) is 9.47 Å². The Balaban J connectivity index is 0.00000117. The molecule has 0 unspecified atom stereocenters. The molecule has 0 aliphatic rings. The van der Waals surface area contributed by atoms with Gasteiger partial charge in [-0.2, -0.15) is 5.21 Å². The number of aromatic nitrogens is 5. The average molecular weight is 391 g/mol. The zero-order valence-corrected chi connectivity index (χ0v) is 16.7. The molecule has 0 saturated carbocycles. The minimum absolute atomic E-state index is 0.457. The van der Waals surface area contributed by atoms with Crippen LogP contribution in [0, 0.1) is 0 Å². The molecular formula is C22H25N5O2. The van der Waals surface area contributed by atoms with Gasteiger partial charge in [-0.25, -0.2) is 0 Å². The number of pyridine rings is 1. The van der Waals surface area contributed by atoms with Gasteiger partial charge in [-0.05, 0) is 30.7 Å². The summed E-state index contributed by atoms with van der Waals surface area (Å²) in [6.07, 6.45) is 3.38. The predicted molar refractivity (Wildman–Crippen MR) is 112 cm³/mol. The van der Waals surface area contributed by atoms with Crippen molar-refractivity contribution in [3.63, 3.8) is 0 Å². The van der Waals surface area contributed by atoms with Gasteiger partial charge in [0, 0.05) is 29.6 Å². The predicted octanol–water partition coefficient (Wildman–Crippen LogP) is 4.36. The lowest BCUT2D eigenvalue weighted by Crippen LogP contribution is -2.01. The summed E-state index contributed by atoms with van der Waals surface area (Å²) in [6.45, 7) is 5.03. The first-order chi connectivity index (χ1) is 14.4. The SMILES string of the molecule is CC.c1cc(OCCCc2nn[nH]n2)cc(OCc2cnc3ccccc3c2)c1. The summed E-state index contributed by atoms with van der Waals surface area (Å²) in [7, 11) is 0. The first-order valence-electron chi connectivity index (χ1n) is 9.78. The maximum Gasteiger partial charge on any atom is 0.174 e. The third-order valence-corrected chi connectivity index (χ3v) is 4.06. The van der Waals surface area contributed by atoms with Gasteiger partial charge in [0.2, 0.25) is 0 Å². The molecule has 0 bridgehead atoms. The van der Waals surface area contributed by atoms with Crippen LogP contribution >= 0.6 is 0 Å². The highest BCUT2D eigenvalue weighted by molar-refractivity contribution is 5.78. The van der Waals surface area contributed by atoms with E-state index >= 15 is 0 Å². The van der Waals surface area contributed by atoms with E-state index in [9.17, 15) is 0 Å². The first kappa shape index (κ1) is 20.3. The Hall–Kier alpha value is -3.48.